The highest BCUT2D eigenvalue weighted by atomic mass is 16.4. The van der Waals surface area contributed by atoms with Gasteiger partial charge in [-0.15, -0.1) is 0 Å². The lowest BCUT2D eigenvalue weighted by Gasteiger charge is -2.33. The van der Waals surface area contributed by atoms with Crippen molar-refractivity contribution in [3.05, 3.63) is 36.2 Å². The Bertz CT molecular complexity index is 696. The fourth-order valence-electron chi connectivity index (χ4n) is 2.75. The molecule has 1 fully saturated rings. The zero-order valence-corrected chi connectivity index (χ0v) is 11.4. The molecular weight excluding hydrogens is 270 g/mol. The van der Waals surface area contributed by atoms with Crippen LogP contribution in [0.3, 0.4) is 0 Å². The van der Waals surface area contributed by atoms with Gasteiger partial charge < -0.3 is 10.0 Å². The minimum absolute atomic E-state index is 0.284. The summed E-state index contributed by atoms with van der Waals surface area (Å²) in [5, 5.41) is 9.30. The molecule has 1 atom stereocenters. The third-order valence-corrected chi connectivity index (χ3v) is 3.78. The quantitative estimate of drug-likeness (QED) is 0.908. The van der Waals surface area contributed by atoms with Gasteiger partial charge in [0, 0.05) is 18.9 Å². The van der Waals surface area contributed by atoms with Crippen LogP contribution in [0.15, 0.2) is 30.6 Å². The zero-order valence-electron chi connectivity index (χ0n) is 11.4. The molecular formula is C15H15N3O3. The van der Waals surface area contributed by atoms with Crippen LogP contribution < -0.4 is 0 Å². The Hall–Kier alpha value is -2.50. The number of rotatable bonds is 2. The van der Waals surface area contributed by atoms with Crippen molar-refractivity contribution in [2.75, 3.05) is 6.54 Å². The van der Waals surface area contributed by atoms with E-state index in [2.05, 4.69) is 9.97 Å². The van der Waals surface area contributed by atoms with E-state index < -0.39 is 12.0 Å². The second kappa shape index (κ2) is 5.47. The Kier molecular flexibility index (Phi) is 3.51. The Morgan fingerprint density at radius 1 is 1.19 bits per heavy atom. The van der Waals surface area contributed by atoms with Gasteiger partial charge in [0.2, 0.25) is 0 Å². The molecule has 3 rings (SSSR count). The average Bonchev–Trinajstić information content (AvgIpc) is 2.53. The molecule has 1 saturated heterocycles. The zero-order chi connectivity index (χ0) is 14.8. The van der Waals surface area contributed by atoms with Gasteiger partial charge in [-0.1, -0.05) is 6.07 Å². The van der Waals surface area contributed by atoms with Gasteiger partial charge in [-0.05, 0) is 31.4 Å². The predicted molar refractivity (Wildman–Crippen MR) is 75.8 cm³/mol. The second-order valence-electron chi connectivity index (χ2n) is 5.08. The molecule has 2 aromatic rings. The lowest BCUT2D eigenvalue weighted by atomic mass is 10.0. The van der Waals surface area contributed by atoms with Gasteiger partial charge in [0.25, 0.3) is 5.91 Å². The van der Waals surface area contributed by atoms with Gasteiger partial charge in [0.15, 0.2) is 0 Å². The molecule has 0 saturated carbocycles. The molecule has 108 valence electrons. The third-order valence-electron chi connectivity index (χ3n) is 3.78. The van der Waals surface area contributed by atoms with Crippen LogP contribution in [-0.2, 0) is 4.79 Å². The summed E-state index contributed by atoms with van der Waals surface area (Å²) < 4.78 is 0. The van der Waals surface area contributed by atoms with Crippen molar-refractivity contribution in [3.63, 3.8) is 0 Å². The van der Waals surface area contributed by atoms with Gasteiger partial charge in [0.1, 0.15) is 11.6 Å². The fourth-order valence-corrected chi connectivity index (χ4v) is 2.75. The van der Waals surface area contributed by atoms with E-state index in [0.29, 0.717) is 29.6 Å². The Morgan fingerprint density at radius 2 is 2.00 bits per heavy atom. The van der Waals surface area contributed by atoms with E-state index in [-0.39, 0.29) is 5.91 Å². The molecule has 0 aliphatic carbocycles. The maximum Gasteiger partial charge on any atom is 0.326 e. The minimum atomic E-state index is -0.950. The van der Waals surface area contributed by atoms with Crippen LogP contribution in [0.2, 0.25) is 0 Å². The maximum atomic E-state index is 12.7. The normalized spacial score (nSPS) is 18.7. The Balaban J connectivity index is 2.01. The van der Waals surface area contributed by atoms with Gasteiger partial charge in [-0.2, -0.15) is 0 Å². The maximum absolute atomic E-state index is 12.7. The summed E-state index contributed by atoms with van der Waals surface area (Å²) in [6.07, 6.45) is 5.25. The number of carboxylic acids is 1. The van der Waals surface area contributed by atoms with Crippen LogP contribution in [0.4, 0.5) is 0 Å². The van der Waals surface area contributed by atoms with Crippen LogP contribution in [0.1, 0.15) is 29.6 Å². The van der Waals surface area contributed by atoms with Crippen molar-refractivity contribution < 1.29 is 14.7 Å². The van der Waals surface area contributed by atoms with E-state index in [4.69, 9.17) is 0 Å². The number of nitrogens with zero attached hydrogens (tertiary/aromatic N) is 3. The Morgan fingerprint density at radius 3 is 2.81 bits per heavy atom. The van der Waals surface area contributed by atoms with Crippen LogP contribution in [-0.4, -0.2) is 44.4 Å². The summed E-state index contributed by atoms with van der Waals surface area (Å²) in [5.74, 6) is -1.23. The van der Waals surface area contributed by atoms with Gasteiger partial charge in [-0.3, -0.25) is 14.8 Å². The van der Waals surface area contributed by atoms with Crippen LogP contribution in [0.5, 0.6) is 0 Å². The molecule has 1 aliphatic rings. The lowest BCUT2D eigenvalue weighted by molar-refractivity contribution is -0.143. The van der Waals surface area contributed by atoms with E-state index in [1.807, 2.05) is 0 Å². The molecule has 0 radical (unpaired) electrons. The second-order valence-corrected chi connectivity index (χ2v) is 5.08. The molecule has 1 aromatic heterocycles. The minimum Gasteiger partial charge on any atom is -0.480 e. The van der Waals surface area contributed by atoms with Crippen molar-refractivity contribution in [1.82, 2.24) is 14.9 Å². The first-order valence-corrected chi connectivity index (χ1v) is 6.92. The van der Waals surface area contributed by atoms with E-state index in [1.165, 1.54) is 11.1 Å². The van der Waals surface area contributed by atoms with Gasteiger partial charge >= 0.3 is 5.97 Å². The predicted octanol–water partition coefficient (Wildman–Crippen LogP) is 1.71. The van der Waals surface area contributed by atoms with E-state index >= 15 is 0 Å². The van der Waals surface area contributed by atoms with Crippen LogP contribution >= 0.6 is 0 Å². The Labute approximate surface area is 121 Å². The first kappa shape index (κ1) is 13.5. The van der Waals surface area contributed by atoms with E-state index in [9.17, 15) is 14.7 Å². The van der Waals surface area contributed by atoms with Crippen LogP contribution in [0, 0.1) is 0 Å². The molecule has 0 bridgehead atoms. The molecule has 6 nitrogen and oxygen atoms in total. The number of likely N-dealkylation sites (tertiary alicyclic amines) is 1. The molecule has 1 unspecified atom stereocenters. The van der Waals surface area contributed by atoms with Crippen molar-refractivity contribution in [2.24, 2.45) is 0 Å². The molecule has 2 heterocycles. The summed E-state index contributed by atoms with van der Waals surface area (Å²) in [4.78, 5) is 33.9. The number of piperidine rings is 1. The molecule has 1 N–H and O–H groups in total. The fraction of sp³-hybridized carbons (Fsp3) is 0.333. The van der Waals surface area contributed by atoms with Crippen molar-refractivity contribution in [2.45, 2.75) is 25.3 Å². The average molecular weight is 285 g/mol. The smallest absolute Gasteiger partial charge is 0.326 e. The number of carbonyl (C=O) groups is 2. The summed E-state index contributed by atoms with van der Waals surface area (Å²) in [6.45, 7) is 0.465. The molecule has 1 aliphatic heterocycles. The van der Waals surface area contributed by atoms with Crippen molar-refractivity contribution in [1.29, 1.82) is 0 Å². The highest BCUT2D eigenvalue weighted by Gasteiger charge is 2.33. The molecule has 6 heteroatoms. The van der Waals surface area contributed by atoms with Crippen molar-refractivity contribution in [3.8, 4) is 0 Å². The number of aliphatic carboxylic acids is 1. The monoisotopic (exact) mass is 285 g/mol. The number of carboxylic acid groups (broad SMARTS) is 1. The van der Waals surface area contributed by atoms with Gasteiger partial charge in [-0.25, -0.2) is 4.79 Å². The lowest BCUT2D eigenvalue weighted by Crippen LogP contribution is -2.48. The number of benzene rings is 1. The SMILES string of the molecule is O=C(O)C1CCCCN1C(=O)c1cccc2nccnc12. The number of fused-ring (bicyclic) bond motifs is 1. The molecule has 0 spiro atoms. The molecule has 21 heavy (non-hydrogen) atoms. The largest absolute Gasteiger partial charge is 0.480 e. The van der Waals surface area contributed by atoms with Crippen molar-refractivity contribution >= 4 is 22.9 Å². The number of aromatic nitrogens is 2. The highest BCUT2D eigenvalue weighted by Crippen LogP contribution is 2.22. The summed E-state index contributed by atoms with van der Waals surface area (Å²) in [6, 6.07) is 4.44. The summed E-state index contributed by atoms with van der Waals surface area (Å²) in [7, 11) is 0. The van der Waals surface area contributed by atoms with E-state index in [1.54, 1.807) is 24.4 Å². The first-order chi connectivity index (χ1) is 10.2. The summed E-state index contributed by atoms with van der Waals surface area (Å²) >= 11 is 0. The standard InChI is InChI=1S/C15H15N3O3/c19-14(18-9-2-1-6-12(18)15(20)21)10-4-3-5-11-13(10)17-8-7-16-11/h3-5,7-8,12H,1-2,6,9H2,(H,20,21). The third kappa shape index (κ3) is 2.44. The van der Waals surface area contributed by atoms with Crippen LogP contribution in [0.25, 0.3) is 11.0 Å². The highest BCUT2D eigenvalue weighted by molar-refractivity contribution is 6.05. The number of hydrogen-bond donors (Lipinski definition) is 1. The number of carbonyl (C=O) groups excluding carboxylic acids is 1. The molecule has 1 aromatic carbocycles. The van der Waals surface area contributed by atoms with E-state index in [0.717, 1.165) is 12.8 Å². The number of amides is 1. The summed E-state index contributed by atoms with van der Waals surface area (Å²) in [5.41, 5.74) is 1.56. The number of hydrogen-bond acceptors (Lipinski definition) is 4. The number of para-hydroxylation sites is 1. The topological polar surface area (TPSA) is 83.4 Å². The van der Waals surface area contributed by atoms with Gasteiger partial charge in [0.05, 0.1) is 11.1 Å². The first-order valence-electron chi connectivity index (χ1n) is 6.92. The molecule has 1 amide bonds.